The SMILES string of the molecule is Cc1ccc(Br)c(C2(N)CC2)c1. The lowest BCUT2D eigenvalue weighted by atomic mass is 10.0. The van der Waals surface area contributed by atoms with E-state index in [4.69, 9.17) is 5.73 Å². The topological polar surface area (TPSA) is 26.0 Å². The van der Waals surface area contributed by atoms with Crippen LogP contribution in [0.4, 0.5) is 0 Å². The van der Waals surface area contributed by atoms with Crippen LogP contribution in [0.15, 0.2) is 22.7 Å². The van der Waals surface area contributed by atoms with Crippen molar-refractivity contribution < 1.29 is 0 Å². The third-order valence-electron chi connectivity index (χ3n) is 2.45. The predicted molar refractivity (Wildman–Crippen MR) is 54.0 cm³/mol. The summed E-state index contributed by atoms with van der Waals surface area (Å²) in [4.78, 5) is 0. The molecule has 1 aromatic rings. The van der Waals surface area contributed by atoms with Gasteiger partial charge in [0.2, 0.25) is 0 Å². The summed E-state index contributed by atoms with van der Waals surface area (Å²) in [5, 5.41) is 0. The van der Waals surface area contributed by atoms with Crippen LogP contribution in [0, 0.1) is 6.92 Å². The zero-order valence-corrected chi connectivity index (χ0v) is 8.69. The zero-order chi connectivity index (χ0) is 8.77. The van der Waals surface area contributed by atoms with Crippen LogP contribution in [0.3, 0.4) is 0 Å². The van der Waals surface area contributed by atoms with Gasteiger partial charge in [-0.05, 0) is 31.4 Å². The fraction of sp³-hybridized carbons (Fsp3) is 0.400. The van der Waals surface area contributed by atoms with Crippen LogP contribution < -0.4 is 5.73 Å². The highest BCUT2D eigenvalue weighted by Crippen LogP contribution is 2.45. The van der Waals surface area contributed by atoms with Gasteiger partial charge in [0, 0.05) is 10.0 Å². The van der Waals surface area contributed by atoms with Crippen LogP contribution in [0.1, 0.15) is 24.0 Å². The molecular weight excluding hydrogens is 214 g/mol. The maximum atomic E-state index is 6.11. The van der Waals surface area contributed by atoms with Crippen molar-refractivity contribution in [2.75, 3.05) is 0 Å². The Labute approximate surface area is 81.1 Å². The van der Waals surface area contributed by atoms with Crippen molar-refractivity contribution in [1.82, 2.24) is 0 Å². The van der Waals surface area contributed by atoms with Crippen LogP contribution >= 0.6 is 15.9 Å². The van der Waals surface area contributed by atoms with Crippen LogP contribution in [0.5, 0.6) is 0 Å². The van der Waals surface area contributed by atoms with Gasteiger partial charge in [-0.2, -0.15) is 0 Å². The van der Waals surface area contributed by atoms with E-state index >= 15 is 0 Å². The molecule has 12 heavy (non-hydrogen) atoms. The Bertz CT molecular complexity index is 316. The molecule has 1 aliphatic carbocycles. The predicted octanol–water partition coefficient (Wildman–Crippen LogP) is 2.71. The Hall–Kier alpha value is -0.340. The zero-order valence-electron chi connectivity index (χ0n) is 7.10. The fourth-order valence-corrected chi connectivity index (χ4v) is 2.07. The molecule has 0 amide bonds. The monoisotopic (exact) mass is 225 g/mol. The van der Waals surface area contributed by atoms with Crippen molar-refractivity contribution in [2.24, 2.45) is 5.73 Å². The molecule has 2 rings (SSSR count). The largest absolute Gasteiger partial charge is 0.321 e. The van der Waals surface area contributed by atoms with Crippen LogP contribution in [-0.2, 0) is 5.54 Å². The first-order chi connectivity index (χ1) is 5.62. The highest BCUT2D eigenvalue weighted by atomic mass is 79.9. The van der Waals surface area contributed by atoms with Gasteiger partial charge < -0.3 is 5.73 Å². The summed E-state index contributed by atoms with van der Waals surface area (Å²) in [5.74, 6) is 0. The molecule has 0 aliphatic heterocycles. The van der Waals surface area contributed by atoms with E-state index in [2.05, 4.69) is 41.1 Å². The molecule has 0 spiro atoms. The fourth-order valence-electron chi connectivity index (χ4n) is 1.42. The van der Waals surface area contributed by atoms with Gasteiger partial charge in [0.05, 0.1) is 0 Å². The molecule has 2 N–H and O–H groups in total. The Balaban J connectivity index is 2.48. The molecule has 0 bridgehead atoms. The third kappa shape index (κ3) is 1.29. The number of hydrogen-bond donors (Lipinski definition) is 1. The van der Waals surface area contributed by atoms with Crippen molar-refractivity contribution in [2.45, 2.75) is 25.3 Å². The van der Waals surface area contributed by atoms with Gasteiger partial charge in [-0.25, -0.2) is 0 Å². The summed E-state index contributed by atoms with van der Waals surface area (Å²) in [6.45, 7) is 2.10. The van der Waals surface area contributed by atoms with Gasteiger partial charge >= 0.3 is 0 Å². The summed E-state index contributed by atoms with van der Waals surface area (Å²) in [6.07, 6.45) is 2.24. The van der Waals surface area contributed by atoms with E-state index in [0.717, 1.165) is 17.3 Å². The van der Waals surface area contributed by atoms with Gasteiger partial charge in [0.15, 0.2) is 0 Å². The average Bonchev–Trinajstić information content (AvgIpc) is 2.75. The first-order valence-corrected chi connectivity index (χ1v) is 4.97. The minimum Gasteiger partial charge on any atom is -0.321 e. The Kier molecular flexibility index (Phi) is 1.77. The molecule has 2 heteroatoms. The first kappa shape index (κ1) is 8.27. The number of aryl methyl sites for hydroxylation is 1. The lowest BCUT2D eigenvalue weighted by molar-refractivity contribution is 0.734. The van der Waals surface area contributed by atoms with Crippen LogP contribution in [-0.4, -0.2) is 0 Å². The molecule has 0 radical (unpaired) electrons. The minimum absolute atomic E-state index is 0.0230. The maximum absolute atomic E-state index is 6.11. The number of rotatable bonds is 1. The second kappa shape index (κ2) is 2.57. The number of benzene rings is 1. The number of halogens is 1. The lowest BCUT2D eigenvalue weighted by Crippen LogP contribution is -2.19. The van der Waals surface area contributed by atoms with Crippen LogP contribution in [0.25, 0.3) is 0 Å². The molecular formula is C10H12BrN. The molecule has 1 aromatic carbocycles. The van der Waals surface area contributed by atoms with E-state index in [-0.39, 0.29) is 5.54 Å². The standard InChI is InChI=1S/C10H12BrN/c1-7-2-3-9(11)8(6-7)10(12)4-5-10/h2-3,6H,4-5,12H2,1H3. The van der Waals surface area contributed by atoms with E-state index in [9.17, 15) is 0 Å². The number of nitrogens with two attached hydrogens (primary N) is 1. The van der Waals surface area contributed by atoms with E-state index in [1.54, 1.807) is 0 Å². The van der Waals surface area contributed by atoms with Gasteiger partial charge in [0.1, 0.15) is 0 Å². The average molecular weight is 226 g/mol. The van der Waals surface area contributed by atoms with Crippen molar-refractivity contribution in [3.8, 4) is 0 Å². The highest BCUT2D eigenvalue weighted by molar-refractivity contribution is 9.10. The van der Waals surface area contributed by atoms with E-state index in [1.165, 1.54) is 11.1 Å². The quantitative estimate of drug-likeness (QED) is 0.782. The molecule has 0 heterocycles. The summed E-state index contributed by atoms with van der Waals surface area (Å²) in [5.41, 5.74) is 8.63. The Morgan fingerprint density at radius 3 is 2.67 bits per heavy atom. The van der Waals surface area contributed by atoms with E-state index in [0.29, 0.717) is 0 Å². The molecule has 0 atom stereocenters. The van der Waals surface area contributed by atoms with Gasteiger partial charge in [0.25, 0.3) is 0 Å². The van der Waals surface area contributed by atoms with Crippen molar-refractivity contribution in [1.29, 1.82) is 0 Å². The number of hydrogen-bond acceptors (Lipinski definition) is 1. The molecule has 0 unspecified atom stereocenters. The molecule has 0 aromatic heterocycles. The van der Waals surface area contributed by atoms with Crippen molar-refractivity contribution in [3.63, 3.8) is 0 Å². The normalized spacial score (nSPS) is 19.2. The Morgan fingerprint density at radius 2 is 2.08 bits per heavy atom. The van der Waals surface area contributed by atoms with Gasteiger partial charge in [-0.3, -0.25) is 0 Å². The van der Waals surface area contributed by atoms with E-state index < -0.39 is 0 Å². The minimum atomic E-state index is -0.0230. The maximum Gasteiger partial charge on any atom is 0.0422 e. The van der Waals surface area contributed by atoms with Crippen molar-refractivity contribution in [3.05, 3.63) is 33.8 Å². The van der Waals surface area contributed by atoms with E-state index in [1.807, 2.05) is 0 Å². The molecule has 1 saturated carbocycles. The lowest BCUT2D eigenvalue weighted by Gasteiger charge is -2.11. The first-order valence-electron chi connectivity index (χ1n) is 4.17. The smallest absolute Gasteiger partial charge is 0.0422 e. The molecule has 0 saturated heterocycles. The molecule has 1 aliphatic rings. The summed E-state index contributed by atoms with van der Waals surface area (Å²) in [6, 6.07) is 6.36. The van der Waals surface area contributed by atoms with Crippen LogP contribution in [0.2, 0.25) is 0 Å². The molecule has 1 nitrogen and oxygen atoms in total. The highest BCUT2D eigenvalue weighted by Gasteiger charge is 2.41. The second-order valence-electron chi connectivity index (χ2n) is 3.64. The Morgan fingerprint density at radius 1 is 1.42 bits per heavy atom. The summed E-state index contributed by atoms with van der Waals surface area (Å²) >= 11 is 3.53. The summed E-state index contributed by atoms with van der Waals surface area (Å²) < 4.78 is 1.15. The van der Waals surface area contributed by atoms with Gasteiger partial charge in [-0.15, -0.1) is 0 Å². The third-order valence-corrected chi connectivity index (χ3v) is 3.14. The van der Waals surface area contributed by atoms with Gasteiger partial charge in [-0.1, -0.05) is 33.6 Å². The molecule has 64 valence electrons. The van der Waals surface area contributed by atoms with Crippen molar-refractivity contribution >= 4 is 15.9 Å². The second-order valence-corrected chi connectivity index (χ2v) is 4.49. The summed E-state index contributed by atoms with van der Waals surface area (Å²) in [7, 11) is 0. The molecule has 1 fully saturated rings.